The van der Waals surface area contributed by atoms with Crippen molar-refractivity contribution < 1.29 is 0 Å². The van der Waals surface area contributed by atoms with Gasteiger partial charge in [0.2, 0.25) is 0 Å². The van der Waals surface area contributed by atoms with Gasteiger partial charge in [-0.1, -0.05) is 18.5 Å². The maximum atomic E-state index is 12.3. The average molecular weight is 360 g/mol. The van der Waals surface area contributed by atoms with E-state index in [1.54, 1.807) is 24.4 Å². The molecule has 0 bridgehead atoms. The summed E-state index contributed by atoms with van der Waals surface area (Å²) < 4.78 is 1.50. The van der Waals surface area contributed by atoms with Crippen LogP contribution in [-0.4, -0.2) is 20.8 Å². The first-order valence-electron chi connectivity index (χ1n) is 8.14. The molecule has 4 rings (SSSR count). The summed E-state index contributed by atoms with van der Waals surface area (Å²) in [6.07, 6.45) is 3.75. The number of pyridine rings is 1. The fourth-order valence-electron chi connectivity index (χ4n) is 3.53. The third kappa shape index (κ3) is 2.77. The number of hydrogen-bond donors (Lipinski definition) is 0. The van der Waals surface area contributed by atoms with Crippen LogP contribution in [0.4, 0.5) is 0 Å². The first kappa shape index (κ1) is 15.8. The van der Waals surface area contributed by atoms with Crippen LogP contribution in [0.2, 0.25) is 5.02 Å². The van der Waals surface area contributed by atoms with Gasteiger partial charge in [-0.05, 0) is 42.0 Å². The molecule has 0 aliphatic carbocycles. The number of fused-ring (bicyclic) bond motifs is 2. The highest BCUT2D eigenvalue weighted by Crippen LogP contribution is 2.35. The van der Waals surface area contributed by atoms with E-state index in [1.165, 1.54) is 14.8 Å². The largest absolute Gasteiger partial charge is 0.290 e. The molecule has 0 unspecified atom stereocenters. The Hall–Kier alpha value is -1.69. The maximum absolute atomic E-state index is 12.3. The summed E-state index contributed by atoms with van der Waals surface area (Å²) in [5.74, 6) is 0. The monoisotopic (exact) mass is 359 g/mol. The average Bonchev–Trinajstić information content (AvgIpc) is 3.04. The van der Waals surface area contributed by atoms with Gasteiger partial charge in [0.15, 0.2) is 0 Å². The van der Waals surface area contributed by atoms with Crippen LogP contribution < -0.4 is 5.56 Å². The van der Waals surface area contributed by atoms with Crippen molar-refractivity contribution in [2.24, 2.45) is 0 Å². The van der Waals surface area contributed by atoms with Crippen molar-refractivity contribution in [3.63, 3.8) is 0 Å². The summed E-state index contributed by atoms with van der Waals surface area (Å²) in [6, 6.07) is 7.83. The minimum absolute atomic E-state index is 0.0845. The number of thiophene rings is 1. The molecule has 24 heavy (non-hydrogen) atoms. The van der Waals surface area contributed by atoms with E-state index in [1.807, 2.05) is 11.3 Å². The standard InChI is InChI=1S/C18H18ClN3OS/c1-2-15-14-6-8-24-16(14)5-7-21(15)11-13-9-18(23)22-10-12(19)3-4-17(22)20-13/h3-4,6,8-10,15H,2,5,7,11H2,1H3/t15-/m1/s1. The third-order valence-electron chi connectivity index (χ3n) is 4.63. The van der Waals surface area contributed by atoms with Crippen molar-refractivity contribution in [2.45, 2.75) is 32.4 Å². The van der Waals surface area contributed by atoms with Crippen LogP contribution in [-0.2, 0) is 13.0 Å². The molecule has 6 heteroatoms. The first-order valence-corrected chi connectivity index (χ1v) is 9.39. The van der Waals surface area contributed by atoms with Crippen LogP contribution in [0.5, 0.6) is 0 Å². The van der Waals surface area contributed by atoms with Gasteiger partial charge in [0, 0.05) is 36.3 Å². The summed E-state index contributed by atoms with van der Waals surface area (Å²) in [6.45, 7) is 3.92. The zero-order valence-corrected chi connectivity index (χ0v) is 15.0. The lowest BCUT2D eigenvalue weighted by Crippen LogP contribution is -2.34. The maximum Gasteiger partial charge on any atom is 0.258 e. The second-order valence-electron chi connectivity index (χ2n) is 6.10. The predicted molar refractivity (Wildman–Crippen MR) is 97.9 cm³/mol. The van der Waals surface area contributed by atoms with E-state index in [-0.39, 0.29) is 5.56 Å². The second kappa shape index (κ2) is 6.31. The Bertz CT molecular complexity index is 949. The lowest BCUT2D eigenvalue weighted by molar-refractivity contribution is 0.171. The van der Waals surface area contributed by atoms with Gasteiger partial charge in [-0.25, -0.2) is 4.98 Å². The zero-order valence-electron chi connectivity index (χ0n) is 13.4. The predicted octanol–water partition coefficient (Wildman–Crippen LogP) is 3.92. The Labute approximate surface area is 149 Å². The Kier molecular flexibility index (Phi) is 4.16. The molecule has 0 amide bonds. The number of halogens is 1. The number of rotatable bonds is 3. The molecule has 4 nitrogen and oxygen atoms in total. The highest BCUT2D eigenvalue weighted by molar-refractivity contribution is 7.10. The van der Waals surface area contributed by atoms with E-state index in [0.29, 0.717) is 23.3 Å². The van der Waals surface area contributed by atoms with E-state index in [0.717, 1.165) is 25.1 Å². The van der Waals surface area contributed by atoms with Crippen molar-refractivity contribution in [1.82, 2.24) is 14.3 Å². The van der Waals surface area contributed by atoms with Gasteiger partial charge in [-0.2, -0.15) is 0 Å². The van der Waals surface area contributed by atoms with Crippen molar-refractivity contribution in [2.75, 3.05) is 6.54 Å². The van der Waals surface area contributed by atoms with Gasteiger partial charge in [0.1, 0.15) is 5.65 Å². The molecular formula is C18H18ClN3OS. The summed E-state index contributed by atoms with van der Waals surface area (Å²) in [7, 11) is 0. The molecule has 3 aromatic heterocycles. The lowest BCUT2D eigenvalue weighted by atomic mass is 9.97. The Balaban J connectivity index is 1.67. The lowest BCUT2D eigenvalue weighted by Gasteiger charge is -2.35. The minimum Gasteiger partial charge on any atom is -0.290 e. The molecule has 0 saturated carbocycles. The first-order chi connectivity index (χ1) is 11.7. The SMILES string of the molecule is CC[C@@H]1c2ccsc2CCN1Cc1cc(=O)n2cc(Cl)ccc2n1. The second-order valence-corrected chi connectivity index (χ2v) is 7.54. The van der Waals surface area contributed by atoms with Crippen molar-refractivity contribution >= 4 is 28.6 Å². The Morgan fingerprint density at radius 1 is 1.38 bits per heavy atom. The van der Waals surface area contributed by atoms with Gasteiger partial charge in [-0.3, -0.25) is 14.1 Å². The summed E-state index contributed by atoms with van der Waals surface area (Å²) >= 11 is 7.82. The fourth-order valence-corrected chi connectivity index (χ4v) is 4.62. The molecule has 124 valence electrons. The van der Waals surface area contributed by atoms with Gasteiger partial charge in [0.25, 0.3) is 5.56 Å². The van der Waals surface area contributed by atoms with Crippen LogP contribution >= 0.6 is 22.9 Å². The zero-order chi connectivity index (χ0) is 16.7. The van der Waals surface area contributed by atoms with E-state index in [9.17, 15) is 4.79 Å². The topological polar surface area (TPSA) is 37.6 Å². The van der Waals surface area contributed by atoms with Crippen LogP contribution in [0.15, 0.2) is 40.6 Å². The van der Waals surface area contributed by atoms with Crippen molar-refractivity contribution in [1.29, 1.82) is 0 Å². The quantitative estimate of drug-likeness (QED) is 0.711. The number of hydrogen-bond acceptors (Lipinski definition) is 4. The highest BCUT2D eigenvalue weighted by atomic mass is 35.5. The molecule has 0 aromatic carbocycles. The van der Waals surface area contributed by atoms with Crippen LogP contribution in [0.3, 0.4) is 0 Å². The van der Waals surface area contributed by atoms with E-state index < -0.39 is 0 Å². The molecule has 1 aliphatic heterocycles. The molecule has 3 aromatic rings. The van der Waals surface area contributed by atoms with Gasteiger partial charge in [-0.15, -0.1) is 11.3 Å². The summed E-state index contributed by atoms with van der Waals surface area (Å²) in [4.78, 5) is 20.9. The third-order valence-corrected chi connectivity index (χ3v) is 5.85. The molecule has 1 atom stereocenters. The van der Waals surface area contributed by atoms with Crippen LogP contribution in [0.1, 0.15) is 35.5 Å². The molecule has 0 radical (unpaired) electrons. The molecule has 1 aliphatic rings. The van der Waals surface area contributed by atoms with Crippen LogP contribution in [0, 0.1) is 0 Å². The van der Waals surface area contributed by atoms with Crippen molar-refractivity contribution in [3.8, 4) is 0 Å². The van der Waals surface area contributed by atoms with E-state index >= 15 is 0 Å². The fraction of sp³-hybridized carbons (Fsp3) is 0.333. The Morgan fingerprint density at radius 3 is 3.08 bits per heavy atom. The normalized spacial score (nSPS) is 18.0. The van der Waals surface area contributed by atoms with E-state index in [2.05, 4.69) is 28.3 Å². The summed E-state index contributed by atoms with van der Waals surface area (Å²) in [5, 5.41) is 2.72. The minimum atomic E-state index is -0.0845. The van der Waals surface area contributed by atoms with Crippen molar-refractivity contribution in [3.05, 3.63) is 67.4 Å². The molecule has 0 fully saturated rings. The molecular weight excluding hydrogens is 342 g/mol. The molecule has 0 saturated heterocycles. The number of aromatic nitrogens is 2. The van der Waals surface area contributed by atoms with Crippen LogP contribution in [0.25, 0.3) is 5.65 Å². The molecule has 0 N–H and O–H groups in total. The van der Waals surface area contributed by atoms with E-state index in [4.69, 9.17) is 11.6 Å². The van der Waals surface area contributed by atoms with Gasteiger partial charge in [0.05, 0.1) is 10.7 Å². The number of nitrogens with zero attached hydrogens (tertiary/aromatic N) is 3. The molecule has 4 heterocycles. The highest BCUT2D eigenvalue weighted by Gasteiger charge is 2.27. The smallest absolute Gasteiger partial charge is 0.258 e. The van der Waals surface area contributed by atoms with Gasteiger partial charge >= 0.3 is 0 Å². The van der Waals surface area contributed by atoms with Gasteiger partial charge < -0.3 is 0 Å². The Morgan fingerprint density at radius 2 is 2.25 bits per heavy atom. The molecule has 0 spiro atoms. The summed E-state index contributed by atoms with van der Waals surface area (Å²) in [5.41, 5.74) is 2.82.